The van der Waals surface area contributed by atoms with Crippen LogP contribution in [0.25, 0.3) is 0 Å². The van der Waals surface area contributed by atoms with Gasteiger partial charge in [-0.15, -0.1) is 0 Å². The molecule has 1 saturated heterocycles. The number of ether oxygens (including phenoxy) is 1. The number of halogens is 2. The first-order valence-corrected chi connectivity index (χ1v) is 17.3. The summed E-state index contributed by atoms with van der Waals surface area (Å²) in [6, 6.07) is 25.9. The summed E-state index contributed by atoms with van der Waals surface area (Å²) in [4.78, 5) is 15.8. The van der Waals surface area contributed by atoms with Gasteiger partial charge >= 0.3 is 0 Å². The van der Waals surface area contributed by atoms with Gasteiger partial charge in [0.05, 0.1) is 29.8 Å². The average Bonchev–Trinajstić information content (AvgIpc) is 2.94. The van der Waals surface area contributed by atoms with E-state index in [1.165, 1.54) is 16.4 Å². The Balaban J connectivity index is 1.58. The van der Waals surface area contributed by atoms with E-state index >= 15 is 0 Å². The van der Waals surface area contributed by atoms with Crippen molar-refractivity contribution in [3.8, 4) is 0 Å². The molecule has 1 N–H and O–H groups in total. The minimum absolute atomic E-state index is 0.0244. The Hall–Kier alpha value is -2.55. The van der Waals surface area contributed by atoms with Gasteiger partial charge in [0.1, 0.15) is 11.9 Å². The van der Waals surface area contributed by atoms with Crippen LogP contribution in [0.15, 0.2) is 78.9 Å². The molecule has 5 nitrogen and oxygen atoms in total. The number of nitrogens with one attached hydrogen (secondary N) is 1. The van der Waals surface area contributed by atoms with Gasteiger partial charge in [-0.1, -0.05) is 105 Å². The van der Waals surface area contributed by atoms with Crippen molar-refractivity contribution in [3.63, 3.8) is 0 Å². The highest BCUT2D eigenvalue weighted by Gasteiger charge is 2.51. The number of rotatable bonds is 8. The Morgan fingerprint density at radius 2 is 1.49 bits per heavy atom. The van der Waals surface area contributed by atoms with Crippen LogP contribution in [0.5, 0.6) is 0 Å². The van der Waals surface area contributed by atoms with Gasteiger partial charge in [0.25, 0.3) is 14.2 Å². The number of carbonyl (C=O) groups is 1. The lowest BCUT2D eigenvalue weighted by molar-refractivity contribution is -0.151. The summed E-state index contributed by atoms with van der Waals surface area (Å²) in [7, 11) is -2.75. The molecular formula is C35H46ClFN2O3Si. The summed E-state index contributed by atoms with van der Waals surface area (Å²) < 4.78 is 28.3. The zero-order chi connectivity index (χ0) is 31.6. The molecule has 3 aromatic carbocycles. The van der Waals surface area contributed by atoms with Crippen molar-refractivity contribution in [1.29, 1.82) is 0 Å². The fourth-order valence-corrected chi connectivity index (χ4v) is 11.0. The molecule has 0 spiro atoms. The SMILES string of the molecule is CC(C)(NC(=O)[C@@H]1CN(C(C)(C)C)[C@@H](CO[Si](c2ccccc2)(c2ccccc2)C(C)(C)C)CO1)c1cccc(Cl)c1F. The molecule has 8 heteroatoms. The molecule has 1 amide bonds. The Bertz CT molecular complexity index is 1350. The minimum Gasteiger partial charge on any atom is -0.406 e. The lowest BCUT2D eigenvalue weighted by Crippen LogP contribution is -2.68. The lowest BCUT2D eigenvalue weighted by Gasteiger charge is -2.49. The van der Waals surface area contributed by atoms with E-state index in [0.717, 1.165) is 0 Å². The number of hydrogen-bond donors (Lipinski definition) is 1. The van der Waals surface area contributed by atoms with Gasteiger partial charge in [-0.3, -0.25) is 9.69 Å². The third kappa shape index (κ3) is 7.07. The van der Waals surface area contributed by atoms with Crippen LogP contribution in [0.2, 0.25) is 10.1 Å². The summed E-state index contributed by atoms with van der Waals surface area (Å²) in [5.41, 5.74) is -0.907. The van der Waals surface area contributed by atoms with Crippen LogP contribution in [0.3, 0.4) is 0 Å². The molecule has 0 aliphatic carbocycles. The number of benzene rings is 3. The molecule has 4 rings (SSSR count). The van der Waals surface area contributed by atoms with Crippen LogP contribution in [0, 0.1) is 5.82 Å². The summed E-state index contributed by atoms with van der Waals surface area (Å²) in [6.45, 7) is 18.0. The summed E-state index contributed by atoms with van der Waals surface area (Å²) in [5, 5.41) is 5.32. The monoisotopic (exact) mass is 624 g/mol. The zero-order valence-corrected chi connectivity index (χ0v) is 28.5. The number of carbonyl (C=O) groups excluding carboxylic acids is 1. The van der Waals surface area contributed by atoms with Crippen molar-refractivity contribution < 1.29 is 18.3 Å². The lowest BCUT2D eigenvalue weighted by atomic mass is 9.93. The minimum atomic E-state index is -2.75. The first-order valence-electron chi connectivity index (χ1n) is 15.0. The first-order chi connectivity index (χ1) is 20.1. The largest absolute Gasteiger partial charge is 0.406 e. The van der Waals surface area contributed by atoms with Crippen molar-refractivity contribution in [1.82, 2.24) is 10.2 Å². The predicted molar refractivity (Wildman–Crippen MR) is 176 cm³/mol. The molecule has 1 aliphatic rings. The van der Waals surface area contributed by atoms with Crippen LogP contribution in [-0.4, -0.2) is 56.6 Å². The summed E-state index contributed by atoms with van der Waals surface area (Å²) in [6.07, 6.45) is -0.718. The molecule has 232 valence electrons. The van der Waals surface area contributed by atoms with Crippen molar-refractivity contribution in [2.75, 3.05) is 19.8 Å². The predicted octanol–water partition coefficient (Wildman–Crippen LogP) is 6.27. The molecule has 3 aromatic rings. The highest BCUT2D eigenvalue weighted by molar-refractivity contribution is 6.99. The number of nitrogens with zero attached hydrogens (tertiary/aromatic N) is 1. The van der Waals surface area contributed by atoms with E-state index in [2.05, 4.69) is 100 Å². The maximum atomic E-state index is 14.8. The molecule has 1 fully saturated rings. The second kappa shape index (κ2) is 12.8. The Morgan fingerprint density at radius 3 is 2.00 bits per heavy atom. The standard InChI is InChI=1S/C35H46ClFN2O3Si/c1-33(2,3)39-22-30(32(40)38-35(7,8)28-20-15-21-29(36)31(28)37)41-23-25(39)24-42-43(34(4,5)6,26-16-11-9-12-17-26)27-18-13-10-14-19-27/h9-21,25,30H,22-24H2,1-8H3,(H,38,40)/t25-,30+/m1/s1. The van der Waals surface area contributed by atoms with E-state index < -0.39 is 25.8 Å². The van der Waals surface area contributed by atoms with E-state index in [9.17, 15) is 9.18 Å². The van der Waals surface area contributed by atoms with Crippen LogP contribution in [-0.2, 0) is 19.5 Å². The van der Waals surface area contributed by atoms with Crippen molar-refractivity contribution in [3.05, 3.63) is 95.3 Å². The smallest absolute Gasteiger partial charge is 0.261 e. The van der Waals surface area contributed by atoms with Crippen LogP contribution in [0.1, 0.15) is 61.0 Å². The van der Waals surface area contributed by atoms with Gasteiger partial charge in [0.15, 0.2) is 0 Å². The molecule has 0 aromatic heterocycles. The van der Waals surface area contributed by atoms with Crippen molar-refractivity contribution in [2.24, 2.45) is 0 Å². The first kappa shape index (κ1) is 33.3. The normalized spacial score (nSPS) is 18.8. The van der Waals surface area contributed by atoms with Gasteiger partial charge in [0.2, 0.25) is 0 Å². The summed E-state index contributed by atoms with van der Waals surface area (Å²) in [5.74, 6) is -0.819. The Labute approximate surface area is 262 Å². The Morgan fingerprint density at radius 1 is 0.930 bits per heavy atom. The van der Waals surface area contributed by atoms with E-state index in [1.54, 1.807) is 26.0 Å². The number of morpholine rings is 1. The summed E-state index contributed by atoms with van der Waals surface area (Å²) >= 11 is 6.03. The third-order valence-corrected chi connectivity index (χ3v) is 13.7. The zero-order valence-electron chi connectivity index (χ0n) is 26.7. The van der Waals surface area contributed by atoms with Gasteiger partial charge in [-0.25, -0.2) is 4.39 Å². The van der Waals surface area contributed by atoms with Crippen LogP contribution >= 0.6 is 11.6 Å². The van der Waals surface area contributed by atoms with Gasteiger partial charge in [-0.2, -0.15) is 0 Å². The Kier molecular flexibility index (Phi) is 9.94. The van der Waals surface area contributed by atoms with Crippen molar-refractivity contribution in [2.45, 2.75) is 83.7 Å². The molecule has 1 aliphatic heterocycles. The molecule has 43 heavy (non-hydrogen) atoms. The fourth-order valence-electron chi connectivity index (χ4n) is 6.24. The third-order valence-electron chi connectivity index (χ3n) is 8.42. The van der Waals surface area contributed by atoms with Crippen LogP contribution < -0.4 is 15.7 Å². The van der Waals surface area contributed by atoms with E-state index in [4.69, 9.17) is 20.8 Å². The van der Waals surface area contributed by atoms with Gasteiger partial charge in [0, 0.05) is 17.6 Å². The average molecular weight is 625 g/mol. The van der Waals surface area contributed by atoms with E-state index in [0.29, 0.717) is 25.3 Å². The highest BCUT2D eigenvalue weighted by Crippen LogP contribution is 2.37. The fraction of sp³-hybridized carbons (Fsp3) is 0.457. The van der Waals surface area contributed by atoms with Gasteiger partial charge in [-0.05, 0) is 56.1 Å². The van der Waals surface area contributed by atoms with Crippen molar-refractivity contribution >= 4 is 36.2 Å². The molecule has 0 saturated carbocycles. The maximum Gasteiger partial charge on any atom is 0.261 e. The van der Waals surface area contributed by atoms with Gasteiger partial charge < -0.3 is 14.5 Å². The molecule has 0 radical (unpaired) electrons. The number of amides is 1. The quantitative estimate of drug-likeness (QED) is 0.300. The molecule has 1 heterocycles. The number of hydrogen-bond acceptors (Lipinski definition) is 4. The molecule has 0 bridgehead atoms. The topological polar surface area (TPSA) is 50.8 Å². The maximum absolute atomic E-state index is 14.8. The molecular weight excluding hydrogens is 579 g/mol. The second-order valence-electron chi connectivity index (χ2n) is 14.0. The molecule has 2 atom stereocenters. The van der Waals surface area contributed by atoms with Crippen LogP contribution in [0.4, 0.5) is 4.39 Å². The highest BCUT2D eigenvalue weighted by atomic mass is 35.5. The second-order valence-corrected chi connectivity index (χ2v) is 18.7. The van der Waals surface area contributed by atoms with E-state index in [-0.39, 0.29) is 27.5 Å². The van der Waals surface area contributed by atoms with E-state index in [1.807, 2.05) is 12.1 Å². The molecule has 0 unspecified atom stereocenters.